The van der Waals surface area contributed by atoms with E-state index >= 15 is 0 Å². The first kappa shape index (κ1) is 6.58. The first-order valence-electron chi connectivity index (χ1n) is 3.98. The summed E-state index contributed by atoms with van der Waals surface area (Å²) in [7, 11) is 0. The summed E-state index contributed by atoms with van der Waals surface area (Å²) < 4.78 is 5.24. The van der Waals surface area contributed by atoms with Crippen LogP contribution in [0.1, 0.15) is 0 Å². The minimum Gasteiger partial charge on any atom is -0.379 e. The van der Waals surface area contributed by atoms with Crippen molar-refractivity contribution in [2.24, 2.45) is 0 Å². The van der Waals surface area contributed by atoms with Gasteiger partial charge in [0.15, 0.2) is 0 Å². The molecule has 0 saturated carbocycles. The van der Waals surface area contributed by atoms with Crippen molar-refractivity contribution in [1.82, 2.24) is 10.2 Å². The number of nitrogens with zero attached hydrogens (tertiary/aromatic N) is 1. The molecular weight excluding hydrogens is 128 g/mol. The van der Waals surface area contributed by atoms with Crippen molar-refractivity contribution in [3.05, 3.63) is 0 Å². The van der Waals surface area contributed by atoms with Crippen LogP contribution in [-0.2, 0) is 4.74 Å². The standard InChI is InChI=1S/C7H14N2O/c1-3-10-4-2-9(1)6-7-5-8-7/h7-8H,1-6H2. The zero-order chi connectivity index (χ0) is 6.81. The van der Waals surface area contributed by atoms with Crippen LogP contribution in [0.5, 0.6) is 0 Å². The molecule has 2 rings (SSSR count). The van der Waals surface area contributed by atoms with Gasteiger partial charge in [0.05, 0.1) is 13.2 Å². The molecule has 0 amide bonds. The predicted octanol–water partition coefficient (Wildman–Crippen LogP) is -0.710. The number of morpholine rings is 1. The van der Waals surface area contributed by atoms with Crippen molar-refractivity contribution in [3.63, 3.8) is 0 Å². The van der Waals surface area contributed by atoms with Crippen molar-refractivity contribution >= 4 is 0 Å². The summed E-state index contributed by atoms with van der Waals surface area (Å²) in [4.78, 5) is 2.47. The quantitative estimate of drug-likeness (QED) is 0.517. The van der Waals surface area contributed by atoms with E-state index in [0.29, 0.717) is 0 Å². The maximum Gasteiger partial charge on any atom is 0.0594 e. The van der Waals surface area contributed by atoms with Gasteiger partial charge in [-0.1, -0.05) is 0 Å². The summed E-state index contributed by atoms with van der Waals surface area (Å²) in [5.41, 5.74) is 0. The van der Waals surface area contributed by atoms with E-state index in [2.05, 4.69) is 10.2 Å². The SMILES string of the molecule is C1CN(CC2CN2)CCO1. The molecule has 0 bridgehead atoms. The lowest BCUT2D eigenvalue weighted by atomic mass is 10.3. The van der Waals surface area contributed by atoms with Crippen molar-refractivity contribution < 1.29 is 4.74 Å². The lowest BCUT2D eigenvalue weighted by Gasteiger charge is -2.25. The van der Waals surface area contributed by atoms with Crippen LogP contribution in [0.3, 0.4) is 0 Å². The first-order chi connectivity index (χ1) is 4.95. The Bertz CT molecular complexity index is 108. The summed E-state index contributed by atoms with van der Waals surface area (Å²) in [5.74, 6) is 0. The average Bonchev–Trinajstić information content (AvgIpc) is 2.74. The zero-order valence-corrected chi connectivity index (χ0v) is 6.18. The van der Waals surface area contributed by atoms with Crippen molar-refractivity contribution in [1.29, 1.82) is 0 Å². The maximum atomic E-state index is 5.24. The van der Waals surface area contributed by atoms with E-state index in [9.17, 15) is 0 Å². The second-order valence-corrected chi connectivity index (χ2v) is 3.02. The molecule has 1 atom stereocenters. The summed E-state index contributed by atoms with van der Waals surface area (Å²) in [5, 5.41) is 3.30. The number of nitrogens with one attached hydrogen (secondary N) is 1. The molecule has 0 aromatic carbocycles. The summed E-state index contributed by atoms with van der Waals surface area (Å²) in [6.07, 6.45) is 0. The van der Waals surface area contributed by atoms with Gasteiger partial charge in [0.2, 0.25) is 0 Å². The highest BCUT2D eigenvalue weighted by Crippen LogP contribution is 2.03. The number of ether oxygens (including phenoxy) is 1. The summed E-state index contributed by atoms with van der Waals surface area (Å²) in [6.45, 7) is 6.54. The molecule has 2 saturated heterocycles. The second kappa shape index (κ2) is 2.86. The van der Waals surface area contributed by atoms with Gasteiger partial charge in [0.1, 0.15) is 0 Å². The third-order valence-electron chi connectivity index (χ3n) is 2.08. The van der Waals surface area contributed by atoms with Gasteiger partial charge in [-0.25, -0.2) is 0 Å². The lowest BCUT2D eigenvalue weighted by molar-refractivity contribution is 0.0383. The van der Waals surface area contributed by atoms with Crippen molar-refractivity contribution in [3.8, 4) is 0 Å². The smallest absolute Gasteiger partial charge is 0.0594 e. The molecule has 3 nitrogen and oxygen atoms in total. The largest absolute Gasteiger partial charge is 0.379 e. The van der Waals surface area contributed by atoms with Crippen LogP contribution in [0.4, 0.5) is 0 Å². The molecule has 2 fully saturated rings. The minimum absolute atomic E-state index is 0.790. The monoisotopic (exact) mass is 142 g/mol. The van der Waals surface area contributed by atoms with Crippen LogP contribution < -0.4 is 5.32 Å². The van der Waals surface area contributed by atoms with Gasteiger partial charge in [-0.3, -0.25) is 4.90 Å². The number of hydrogen-bond acceptors (Lipinski definition) is 3. The van der Waals surface area contributed by atoms with E-state index in [0.717, 1.165) is 32.3 Å². The molecule has 2 heterocycles. The van der Waals surface area contributed by atoms with Gasteiger partial charge in [-0.2, -0.15) is 0 Å². The number of rotatable bonds is 2. The molecule has 0 spiro atoms. The van der Waals surface area contributed by atoms with Gasteiger partial charge < -0.3 is 10.1 Å². The van der Waals surface area contributed by atoms with Gasteiger partial charge in [-0.05, 0) is 0 Å². The zero-order valence-electron chi connectivity index (χ0n) is 6.18. The van der Waals surface area contributed by atoms with E-state index in [1.54, 1.807) is 0 Å². The normalized spacial score (nSPS) is 34.2. The molecule has 0 aromatic rings. The Morgan fingerprint density at radius 2 is 2.10 bits per heavy atom. The molecular formula is C7H14N2O. The van der Waals surface area contributed by atoms with Crippen molar-refractivity contribution in [2.75, 3.05) is 39.4 Å². The van der Waals surface area contributed by atoms with E-state index in [-0.39, 0.29) is 0 Å². The molecule has 58 valence electrons. The third-order valence-corrected chi connectivity index (χ3v) is 2.08. The highest BCUT2D eigenvalue weighted by atomic mass is 16.5. The van der Waals surface area contributed by atoms with E-state index in [1.807, 2.05) is 0 Å². The Hall–Kier alpha value is -0.120. The highest BCUT2D eigenvalue weighted by Gasteiger charge is 2.23. The Kier molecular flexibility index (Phi) is 1.88. The fraction of sp³-hybridized carbons (Fsp3) is 1.00. The number of hydrogen-bond donors (Lipinski definition) is 1. The van der Waals surface area contributed by atoms with Gasteiger partial charge in [0, 0.05) is 32.2 Å². The molecule has 2 aliphatic heterocycles. The molecule has 1 unspecified atom stereocenters. The van der Waals surface area contributed by atoms with Crippen LogP contribution in [0.15, 0.2) is 0 Å². The second-order valence-electron chi connectivity index (χ2n) is 3.02. The van der Waals surface area contributed by atoms with Gasteiger partial charge in [0.25, 0.3) is 0 Å². The average molecular weight is 142 g/mol. The Morgan fingerprint density at radius 3 is 2.70 bits per heavy atom. The molecule has 2 aliphatic rings. The van der Waals surface area contributed by atoms with Crippen LogP contribution in [0, 0.1) is 0 Å². The highest BCUT2D eigenvalue weighted by molar-refractivity contribution is 4.86. The molecule has 0 aliphatic carbocycles. The van der Waals surface area contributed by atoms with E-state index in [4.69, 9.17) is 4.74 Å². The Morgan fingerprint density at radius 1 is 1.40 bits per heavy atom. The lowest BCUT2D eigenvalue weighted by Crippen LogP contribution is -2.38. The fourth-order valence-corrected chi connectivity index (χ4v) is 1.31. The van der Waals surface area contributed by atoms with Crippen LogP contribution in [0.25, 0.3) is 0 Å². The molecule has 1 N–H and O–H groups in total. The van der Waals surface area contributed by atoms with E-state index < -0.39 is 0 Å². The molecule has 0 aromatic heterocycles. The maximum absolute atomic E-state index is 5.24. The predicted molar refractivity (Wildman–Crippen MR) is 39.0 cm³/mol. The van der Waals surface area contributed by atoms with Crippen LogP contribution >= 0.6 is 0 Å². The van der Waals surface area contributed by atoms with Crippen molar-refractivity contribution in [2.45, 2.75) is 6.04 Å². The van der Waals surface area contributed by atoms with E-state index in [1.165, 1.54) is 13.1 Å². The minimum atomic E-state index is 0.790. The molecule has 3 heteroatoms. The fourth-order valence-electron chi connectivity index (χ4n) is 1.31. The summed E-state index contributed by atoms with van der Waals surface area (Å²) >= 11 is 0. The topological polar surface area (TPSA) is 34.4 Å². The summed E-state index contributed by atoms with van der Waals surface area (Å²) in [6, 6.07) is 0.790. The van der Waals surface area contributed by atoms with Crippen LogP contribution in [0.2, 0.25) is 0 Å². The van der Waals surface area contributed by atoms with Gasteiger partial charge >= 0.3 is 0 Å². The van der Waals surface area contributed by atoms with Gasteiger partial charge in [-0.15, -0.1) is 0 Å². The third kappa shape index (κ3) is 1.68. The molecule has 10 heavy (non-hydrogen) atoms. The Balaban J connectivity index is 1.69. The van der Waals surface area contributed by atoms with Crippen LogP contribution in [-0.4, -0.2) is 50.3 Å². The Labute approximate surface area is 61.3 Å². The first-order valence-corrected chi connectivity index (χ1v) is 3.98. The molecule has 0 radical (unpaired) electrons.